The van der Waals surface area contributed by atoms with Crippen LogP contribution < -0.4 is 10.6 Å². The number of thiazole rings is 1. The lowest BCUT2D eigenvalue weighted by Gasteiger charge is -2.30. The van der Waals surface area contributed by atoms with Crippen molar-refractivity contribution in [2.75, 3.05) is 7.05 Å². The lowest BCUT2D eigenvalue weighted by molar-refractivity contribution is -0.126. The number of carbonyl (C=O) groups is 2. The van der Waals surface area contributed by atoms with Gasteiger partial charge in [0.05, 0.1) is 6.54 Å². The van der Waals surface area contributed by atoms with Gasteiger partial charge in [0.2, 0.25) is 5.91 Å². The zero-order valence-corrected chi connectivity index (χ0v) is 14.9. The second kappa shape index (κ2) is 8.29. The molecular formula is C16H26N4O2S. The predicted molar refractivity (Wildman–Crippen MR) is 91.1 cm³/mol. The monoisotopic (exact) mass is 338 g/mol. The first-order valence-electron chi connectivity index (χ1n) is 8.16. The van der Waals surface area contributed by atoms with Gasteiger partial charge < -0.3 is 15.5 Å². The van der Waals surface area contributed by atoms with E-state index in [0.29, 0.717) is 6.54 Å². The van der Waals surface area contributed by atoms with Gasteiger partial charge in [-0.1, -0.05) is 6.42 Å². The third-order valence-electron chi connectivity index (χ3n) is 4.01. The summed E-state index contributed by atoms with van der Waals surface area (Å²) in [6, 6.07) is 0.120. The molecule has 0 unspecified atom stereocenters. The molecule has 2 N–H and O–H groups in total. The van der Waals surface area contributed by atoms with Crippen molar-refractivity contribution in [2.24, 2.45) is 5.92 Å². The molecule has 6 nitrogen and oxygen atoms in total. The van der Waals surface area contributed by atoms with E-state index >= 15 is 0 Å². The molecule has 0 saturated heterocycles. The summed E-state index contributed by atoms with van der Waals surface area (Å²) in [6.07, 6.45) is 5.26. The minimum atomic E-state index is -0.102. The fraction of sp³-hybridized carbons (Fsp3) is 0.688. The topological polar surface area (TPSA) is 74.3 Å². The number of urea groups is 1. The lowest BCUT2D eigenvalue weighted by Crippen LogP contribution is -2.47. The van der Waals surface area contributed by atoms with Crippen LogP contribution >= 0.6 is 11.3 Å². The van der Waals surface area contributed by atoms with Crippen molar-refractivity contribution in [3.05, 3.63) is 16.6 Å². The number of hydrogen-bond donors (Lipinski definition) is 2. The summed E-state index contributed by atoms with van der Waals surface area (Å²) in [5, 5.41) is 8.84. The van der Waals surface area contributed by atoms with E-state index in [9.17, 15) is 9.59 Å². The molecule has 1 aliphatic rings. The highest BCUT2D eigenvalue weighted by Gasteiger charge is 2.28. The van der Waals surface area contributed by atoms with Crippen molar-refractivity contribution in [1.29, 1.82) is 0 Å². The van der Waals surface area contributed by atoms with Crippen LogP contribution in [-0.2, 0) is 11.3 Å². The number of nitrogens with one attached hydrogen (secondary N) is 2. The highest BCUT2D eigenvalue weighted by Crippen LogP contribution is 2.25. The molecule has 23 heavy (non-hydrogen) atoms. The zero-order chi connectivity index (χ0) is 16.8. The highest BCUT2D eigenvalue weighted by atomic mass is 32.1. The van der Waals surface area contributed by atoms with Crippen molar-refractivity contribution in [2.45, 2.75) is 58.2 Å². The molecule has 2 rings (SSSR count). The third kappa shape index (κ3) is 5.49. The molecule has 3 amide bonds. The first-order valence-corrected chi connectivity index (χ1v) is 9.04. The third-order valence-corrected chi connectivity index (χ3v) is 4.77. The Balaban J connectivity index is 1.82. The molecule has 1 aromatic rings. The molecule has 0 aliphatic heterocycles. The van der Waals surface area contributed by atoms with Gasteiger partial charge in [0.25, 0.3) is 0 Å². The second-order valence-electron chi connectivity index (χ2n) is 6.46. The first-order chi connectivity index (χ1) is 11.0. The van der Waals surface area contributed by atoms with Crippen LogP contribution in [0, 0.1) is 5.92 Å². The maximum absolute atomic E-state index is 12.3. The molecule has 1 aromatic heterocycles. The predicted octanol–water partition coefficient (Wildman–Crippen LogP) is 2.37. The summed E-state index contributed by atoms with van der Waals surface area (Å²) >= 11 is 1.54. The number of amides is 3. The summed E-state index contributed by atoms with van der Waals surface area (Å²) in [4.78, 5) is 30.3. The van der Waals surface area contributed by atoms with E-state index in [4.69, 9.17) is 0 Å². The van der Waals surface area contributed by atoms with Gasteiger partial charge >= 0.3 is 6.03 Å². The second-order valence-corrected chi connectivity index (χ2v) is 7.43. The Bertz CT molecular complexity index is 518. The average Bonchev–Trinajstić information content (AvgIpc) is 2.99. The van der Waals surface area contributed by atoms with Gasteiger partial charge in [0, 0.05) is 36.6 Å². The molecule has 0 spiro atoms. The molecule has 0 aromatic carbocycles. The first kappa shape index (κ1) is 17.7. The Labute approximate surface area is 141 Å². The van der Waals surface area contributed by atoms with Crippen molar-refractivity contribution < 1.29 is 9.59 Å². The average molecular weight is 338 g/mol. The van der Waals surface area contributed by atoms with Gasteiger partial charge in [-0.25, -0.2) is 9.78 Å². The quantitative estimate of drug-likeness (QED) is 0.865. The lowest BCUT2D eigenvalue weighted by atomic mass is 9.85. The normalized spacial score (nSPS) is 21.0. The fourth-order valence-electron chi connectivity index (χ4n) is 2.85. The Morgan fingerprint density at radius 2 is 2.22 bits per heavy atom. The van der Waals surface area contributed by atoms with Crippen LogP contribution in [0.3, 0.4) is 0 Å². The largest absolute Gasteiger partial charge is 0.354 e. The van der Waals surface area contributed by atoms with Gasteiger partial charge in [0.1, 0.15) is 5.01 Å². The van der Waals surface area contributed by atoms with Crippen LogP contribution in [0.15, 0.2) is 11.6 Å². The van der Waals surface area contributed by atoms with E-state index in [0.717, 1.165) is 30.7 Å². The SMILES string of the molecule is CC(C)NC(=O)[C@H]1CCC[C@H](NC(=O)N(C)Cc2nccs2)C1. The molecule has 0 bridgehead atoms. The Kier molecular flexibility index (Phi) is 6.38. The van der Waals surface area contributed by atoms with Gasteiger partial charge in [-0.2, -0.15) is 0 Å². The Morgan fingerprint density at radius 3 is 2.87 bits per heavy atom. The summed E-state index contributed by atoms with van der Waals surface area (Å²) in [6.45, 7) is 4.44. The molecule has 0 radical (unpaired) electrons. The van der Waals surface area contributed by atoms with Crippen molar-refractivity contribution >= 4 is 23.3 Å². The highest BCUT2D eigenvalue weighted by molar-refractivity contribution is 7.09. The van der Waals surface area contributed by atoms with Crippen molar-refractivity contribution in [1.82, 2.24) is 20.5 Å². The van der Waals surface area contributed by atoms with E-state index in [-0.39, 0.29) is 29.9 Å². The maximum atomic E-state index is 12.3. The summed E-state index contributed by atoms with van der Waals surface area (Å²) < 4.78 is 0. The van der Waals surface area contributed by atoms with E-state index < -0.39 is 0 Å². The minimum Gasteiger partial charge on any atom is -0.354 e. The zero-order valence-electron chi connectivity index (χ0n) is 14.0. The molecule has 128 valence electrons. The summed E-state index contributed by atoms with van der Waals surface area (Å²) in [5.74, 6) is 0.107. The number of hydrogen-bond acceptors (Lipinski definition) is 4. The molecule has 1 saturated carbocycles. The molecule has 7 heteroatoms. The molecule has 1 fully saturated rings. The fourth-order valence-corrected chi connectivity index (χ4v) is 3.52. The Hall–Kier alpha value is -1.63. The number of rotatable bonds is 5. The molecule has 1 heterocycles. The van der Waals surface area contributed by atoms with Crippen LogP contribution in [0.2, 0.25) is 0 Å². The number of aromatic nitrogens is 1. The van der Waals surface area contributed by atoms with E-state index in [1.165, 1.54) is 11.3 Å². The van der Waals surface area contributed by atoms with Crippen LogP contribution in [0.4, 0.5) is 4.79 Å². The van der Waals surface area contributed by atoms with E-state index in [1.807, 2.05) is 19.2 Å². The van der Waals surface area contributed by atoms with Gasteiger partial charge in [0.15, 0.2) is 0 Å². The van der Waals surface area contributed by atoms with Crippen molar-refractivity contribution in [3.8, 4) is 0 Å². The number of carbonyl (C=O) groups excluding carboxylic acids is 2. The van der Waals surface area contributed by atoms with Gasteiger partial charge in [-0.15, -0.1) is 11.3 Å². The smallest absolute Gasteiger partial charge is 0.317 e. The molecule has 2 atom stereocenters. The van der Waals surface area contributed by atoms with Crippen LogP contribution in [-0.4, -0.2) is 41.0 Å². The number of nitrogens with zero attached hydrogens (tertiary/aromatic N) is 2. The molecule has 1 aliphatic carbocycles. The standard InChI is InChI=1S/C16H26N4O2S/c1-11(2)18-15(21)12-5-4-6-13(9-12)19-16(22)20(3)10-14-17-7-8-23-14/h7-8,11-13H,4-6,9-10H2,1-3H3,(H,18,21)(H,19,22)/t12-,13-/m0/s1. The van der Waals surface area contributed by atoms with Crippen molar-refractivity contribution in [3.63, 3.8) is 0 Å². The summed E-state index contributed by atoms with van der Waals surface area (Å²) in [5.41, 5.74) is 0. The van der Waals surface area contributed by atoms with Gasteiger partial charge in [-0.3, -0.25) is 4.79 Å². The molecular weight excluding hydrogens is 312 g/mol. The van der Waals surface area contributed by atoms with Gasteiger partial charge in [-0.05, 0) is 33.1 Å². The maximum Gasteiger partial charge on any atom is 0.317 e. The van der Waals surface area contributed by atoms with Crippen LogP contribution in [0.25, 0.3) is 0 Å². The minimum absolute atomic E-state index is 0.000666. The summed E-state index contributed by atoms with van der Waals surface area (Å²) in [7, 11) is 1.77. The van der Waals surface area contributed by atoms with E-state index in [2.05, 4.69) is 15.6 Å². The van der Waals surface area contributed by atoms with Crippen LogP contribution in [0.5, 0.6) is 0 Å². The van der Waals surface area contributed by atoms with Crippen LogP contribution in [0.1, 0.15) is 44.5 Å². The Morgan fingerprint density at radius 1 is 1.43 bits per heavy atom. The van der Waals surface area contributed by atoms with E-state index in [1.54, 1.807) is 18.1 Å².